The Morgan fingerprint density at radius 3 is 1.35 bits per heavy atom. The first kappa shape index (κ1) is 35.1. The van der Waals surface area contributed by atoms with E-state index in [1.807, 2.05) is 0 Å². The first-order chi connectivity index (χ1) is 17.8. The van der Waals surface area contributed by atoms with Crippen LogP contribution >= 0.6 is 0 Å². The normalized spacial score (nSPS) is 11.8. The number of carbonyl (C=O) groups excluding carboxylic acids is 1. The van der Waals surface area contributed by atoms with Crippen molar-refractivity contribution in [3.63, 3.8) is 0 Å². The number of rotatable bonds is 28. The van der Waals surface area contributed by atoms with E-state index in [0.717, 1.165) is 19.3 Å². The van der Waals surface area contributed by atoms with Gasteiger partial charge in [0.25, 0.3) is 0 Å². The molecule has 0 aliphatic rings. The molecule has 0 aromatic carbocycles. The van der Waals surface area contributed by atoms with Crippen molar-refractivity contribution in [1.29, 1.82) is 0 Å². The molecule has 0 atom stereocenters. The first-order valence-corrected chi connectivity index (χ1v) is 14.9. The number of hydrogen-bond donors (Lipinski definition) is 2. The standard InChI is InChI=1S/C30H55NO6/c1-2-3-4-5-6-7-8-9-10-11-12-13-14-15-16-17-18-19-20-24-31(25-21-28(32)33,26-22-29(34)35)27-23-30(36)37/h6-7H,2-5,8-27H2,1H3,(H2-,32,33,34,35,36,37)/b7-6+. The number of carboxylic acid groups (broad SMARTS) is 3. The molecule has 0 rings (SSSR count). The van der Waals surface area contributed by atoms with E-state index in [1.165, 1.54) is 89.9 Å². The molecule has 0 unspecified atom stereocenters. The fourth-order valence-corrected chi connectivity index (χ4v) is 4.89. The summed E-state index contributed by atoms with van der Waals surface area (Å²) in [6.45, 7) is 3.59. The molecule has 2 N–H and O–H groups in total. The molecule has 37 heavy (non-hydrogen) atoms. The Kier molecular flexibility index (Phi) is 23.2. The van der Waals surface area contributed by atoms with Gasteiger partial charge >= 0.3 is 11.9 Å². The molecule has 0 saturated heterocycles. The lowest BCUT2D eigenvalue weighted by Crippen LogP contribution is -2.53. The summed E-state index contributed by atoms with van der Waals surface area (Å²) >= 11 is 0. The smallest absolute Gasteiger partial charge is 0.309 e. The maximum atomic E-state index is 11.1. The maximum Gasteiger partial charge on any atom is 0.309 e. The third-order valence-electron chi connectivity index (χ3n) is 7.28. The van der Waals surface area contributed by atoms with Gasteiger partial charge in [-0.15, -0.1) is 0 Å². The van der Waals surface area contributed by atoms with Crippen molar-refractivity contribution in [2.24, 2.45) is 0 Å². The van der Waals surface area contributed by atoms with Gasteiger partial charge in [-0.05, 0) is 38.5 Å². The van der Waals surface area contributed by atoms with E-state index in [-0.39, 0.29) is 43.4 Å². The van der Waals surface area contributed by atoms with Crippen molar-refractivity contribution in [2.75, 3.05) is 26.2 Å². The molecule has 0 amide bonds. The molecule has 0 heterocycles. The Morgan fingerprint density at radius 2 is 0.946 bits per heavy atom. The Morgan fingerprint density at radius 1 is 0.568 bits per heavy atom. The number of nitrogens with zero attached hydrogens (tertiary/aromatic N) is 1. The van der Waals surface area contributed by atoms with Gasteiger partial charge in [0.05, 0.1) is 39.0 Å². The van der Waals surface area contributed by atoms with Crippen molar-refractivity contribution >= 4 is 17.9 Å². The van der Waals surface area contributed by atoms with E-state index < -0.39 is 17.9 Å². The third kappa shape index (κ3) is 24.2. The zero-order valence-electron chi connectivity index (χ0n) is 23.6. The lowest BCUT2D eigenvalue weighted by atomic mass is 10.0. The van der Waals surface area contributed by atoms with Crippen LogP contribution in [0.25, 0.3) is 0 Å². The minimum absolute atomic E-state index is 0.0944. The predicted molar refractivity (Wildman–Crippen MR) is 147 cm³/mol. The van der Waals surface area contributed by atoms with Crippen LogP contribution in [0, 0.1) is 0 Å². The van der Waals surface area contributed by atoms with Gasteiger partial charge in [-0.3, -0.25) is 9.59 Å². The predicted octanol–water partition coefficient (Wildman–Crippen LogP) is 6.10. The van der Waals surface area contributed by atoms with Crippen LogP contribution in [0.4, 0.5) is 0 Å². The van der Waals surface area contributed by atoms with Gasteiger partial charge in [-0.25, -0.2) is 0 Å². The maximum absolute atomic E-state index is 11.1. The number of allylic oxidation sites excluding steroid dienone is 2. The molecule has 7 heteroatoms. The van der Waals surface area contributed by atoms with E-state index in [4.69, 9.17) is 10.2 Å². The van der Waals surface area contributed by atoms with Crippen molar-refractivity contribution in [3.8, 4) is 0 Å². The Labute approximate surface area is 225 Å². The van der Waals surface area contributed by atoms with Crippen LogP contribution in [0.1, 0.15) is 135 Å². The highest BCUT2D eigenvalue weighted by Gasteiger charge is 2.28. The van der Waals surface area contributed by atoms with Gasteiger partial charge in [0.1, 0.15) is 0 Å². The van der Waals surface area contributed by atoms with E-state index >= 15 is 0 Å². The topological polar surface area (TPSA) is 115 Å². The van der Waals surface area contributed by atoms with Crippen LogP contribution in [0.3, 0.4) is 0 Å². The van der Waals surface area contributed by atoms with Gasteiger partial charge in [0, 0.05) is 12.4 Å². The van der Waals surface area contributed by atoms with E-state index in [1.54, 1.807) is 0 Å². The SMILES string of the molecule is CCCCC/C=C/CCCCCCCCCCCCCC[N+](CCC(=O)[O-])(CCC(=O)O)CCC(=O)O. The summed E-state index contributed by atoms with van der Waals surface area (Å²) in [5.74, 6) is -3.08. The highest BCUT2D eigenvalue weighted by Crippen LogP contribution is 2.17. The highest BCUT2D eigenvalue weighted by atomic mass is 16.4. The summed E-state index contributed by atoms with van der Waals surface area (Å²) in [6, 6.07) is 0. The minimum Gasteiger partial charge on any atom is -0.550 e. The van der Waals surface area contributed by atoms with Crippen LogP contribution in [-0.2, 0) is 14.4 Å². The van der Waals surface area contributed by atoms with Gasteiger partial charge in [-0.2, -0.15) is 0 Å². The van der Waals surface area contributed by atoms with Gasteiger partial charge in [0.2, 0.25) is 0 Å². The van der Waals surface area contributed by atoms with Crippen LogP contribution in [0.2, 0.25) is 0 Å². The first-order valence-electron chi connectivity index (χ1n) is 14.9. The molecule has 0 spiro atoms. The Balaban J connectivity index is 3.94. The monoisotopic (exact) mass is 525 g/mol. The van der Waals surface area contributed by atoms with Crippen molar-refractivity contribution in [3.05, 3.63) is 12.2 Å². The molecule has 0 saturated carbocycles. The molecule has 7 nitrogen and oxygen atoms in total. The second-order valence-electron chi connectivity index (χ2n) is 10.6. The minimum atomic E-state index is -1.18. The number of quaternary nitrogens is 1. The van der Waals surface area contributed by atoms with Crippen molar-refractivity contribution in [1.82, 2.24) is 0 Å². The van der Waals surface area contributed by atoms with E-state index in [2.05, 4.69) is 19.1 Å². The molecular formula is C30H55NO6. The molecule has 0 radical (unpaired) electrons. The highest BCUT2D eigenvalue weighted by molar-refractivity contribution is 5.67. The molecule has 0 aliphatic carbocycles. The molecule has 0 aliphatic heterocycles. The zero-order valence-corrected chi connectivity index (χ0v) is 23.6. The van der Waals surface area contributed by atoms with Crippen LogP contribution < -0.4 is 5.11 Å². The molecule has 0 aromatic rings. The largest absolute Gasteiger partial charge is 0.550 e. The molecule has 0 fully saturated rings. The summed E-state index contributed by atoms with van der Waals surface area (Å²) in [7, 11) is 0. The van der Waals surface area contributed by atoms with Crippen LogP contribution in [0.15, 0.2) is 12.2 Å². The average Bonchev–Trinajstić information content (AvgIpc) is 2.85. The molecule has 0 aromatic heterocycles. The quantitative estimate of drug-likeness (QED) is 0.0724. The Hall–Kier alpha value is -1.89. The zero-order chi connectivity index (χ0) is 27.6. The van der Waals surface area contributed by atoms with Crippen molar-refractivity contribution in [2.45, 2.75) is 135 Å². The summed E-state index contributed by atoms with van der Waals surface area (Å²) in [5, 5.41) is 29.2. The fourth-order valence-electron chi connectivity index (χ4n) is 4.89. The van der Waals surface area contributed by atoms with E-state index in [9.17, 15) is 19.5 Å². The number of unbranched alkanes of at least 4 members (excludes halogenated alkanes) is 15. The molecule has 216 valence electrons. The number of carbonyl (C=O) groups is 3. The fraction of sp³-hybridized carbons (Fsp3) is 0.833. The van der Waals surface area contributed by atoms with E-state index in [0.29, 0.717) is 6.54 Å². The van der Waals surface area contributed by atoms with Crippen LogP contribution in [0.5, 0.6) is 0 Å². The number of hydrogen-bond acceptors (Lipinski definition) is 4. The average molecular weight is 526 g/mol. The third-order valence-corrected chi connectivity index (χ3v) is 7.28. The molecule has 0 bridgehead atoms. The van der Waals surface area contributed by atoms with Gasteiger partial charge in [0.15, 0.2) is 0 Å². The summed E-state index contributed by atoms with van der Waals surface area (Å²) in [4.78, 5) is 33.2. The van der Waals surface area contributed by atoms with Gasteiger partial charge < -0.3 is 24.6 Å². The van der Waals surface area contributed by atoms with Crippen LogP contribution in [-0.4, -0.2) is 58.8 Å². The lowest BCUT2D eigenvalue weighted by molar-refractivity contribution is -0.927. The molecular weight excluding hydrogens is 470 g/mol. The Bertz CT molecular complexity index is 574. The lowest BCUT2D eigenvalue weighted by Gasteiger charge is -2.38. The summed E-state index contributed by atoms with van der Waals surface area (Å²) in [5.41, 5.74) is 0. The second kappa shape index (κ2) is 24.4. The number of carboxylic acids is 3. The van der Waals surface area contributed by atoms with Gasteiger partial charge in [-0.1, -0.05) is 89.7 Å². The summed E-state index contributed by atoms with van der Waals surface area (Å²) in [6.07, 6.45) is 25.3. The van der Waals surface area contributed by atoms with Crippen molar-refractivity contribution < 1.29 is 34.2 Å². The second-order valence-corrected chi connectivity index (χ2v) is 10.6. The number of aliphatic carboxylic acids is 3. The summed E-state index contributed by atoms with van der Waals surface area (Å²) < 4.78 is 0.224.